The number of rotatable bonds is 7. The standard InChI is InChI=1S/C28H26N2O5/c1-17-9-11-22(18(2)13-17)30-27(31)16-35-28(32)21-15-24(29-23-8-6-5-7-20(21)23)19-10-12-25(33-3)26(14-19)34-4/h5-15H,16H2,1-4H3,(H,30,31). The summed E-state index contributed by atoms with van der Waals surface area (Å²) in [6, 6.07) is 20.1. The number of amides is 1. The Kier molecular flexibility index (Phi) is 6.96. The molecule has 0 aliphatic rings. The lowest BCUT2D eigenvalue weighted by Gasteiger charge is -2.13. The number of nitrogens with one attached hydrogen (secondary N) is 1. The number of anilines is 1. The van der Waals surface area contributed by atoms with Crippen LogP contribution >= 0.6 is 0 Å². The minimum Gasteiger partial charge on any atom is -0.493 e. The first-order valence-corrected chi connectivity index (χ1v) is 11.1. The van der Waals surface area contributed by atoms with Crippen molar-refractivity contribution in [3.63, 3.8) is 0 Å². The van der Waals surface area contributed by atoms with Gasteiger partial charge in [-0.15, -0.1) is 0 Å². The van der Waals surface area contributed by atoms with Crippen LogP contribution in [0.15, 0.2) is 66.7 Å². The van der Waals surface area contributed by atoms with Crippen molar-refractivity contribution in [3.8, 4) is 22.8 Å². The Balaban J connectivity index is 1.59. The molecule has 0 saturated heterocycles. The van der Waals surface area contributed by atoms with E-state index in [2.05, 4.69) is 5.32 Å². The fourth-order valence-electron chi connectivity index (χ4n) is 3.84. The lowest BCUT2D eigenvalue weighted by molar-refractivity contribution is -0.119. The lowest BCUT2D eigenvalue weighted by atomic mass is 10.0. The van der Waals surface area contributed by atoms with Crippen molar-refractivity contribution in [2.75, 3.05) is 26.1 Å². The van der Waals surface area contributed by atoms with Crippen LogP contribution in [0.4, 0.5) is 5.69 Å². The maximum atomic E-state index is 13.1. The van der Waals surface area contributed by atoms with Crippen molar-refractivity contribution in [1.82, 2.24) is 4.98 Å². The summed E-state index contributed by atoms with van der Waals surface area (Å²) >= 11 is 0. The monoisotopic (exact) mass is 470 g/mol. The number of fused-ring (bicyclic) bond motifs is 1. The van der Waals surface area contributed by atoms with Gasteiger partial charge in [0.1, 0.15) is 0 Å². The van der Waals surface area contributed by atoms with Gasteiger partial charge in [-0.05, 0) is 55.8 Å². The van der Waals surface area contributed by atoms with Gasteiger partial charge in [0, 0.05) is 16.6 Å². The first-order valence-electron chi connectivity index (χ1n) is 11.1. The average Bonchev–Trinajstić information content (AvgIpc) is 2.87. The Morgan fingerprint density at radius 2 is 1.66 bits per heavy atom. The van der Waals surface area contributed by atoms with Crippen molar-refractivity contribution in [3.05, 3.63) is 83.4 Å². The molecule has 35 heavy (non-hydrogen) atoms. The number of ether oxygens (including phenoxy) is 3. The molecule has 0 radical (unpaired) electrons. The Morgan fingerprint density at radius 1 is 0.886 bits per heavy atom. The third-order valence-corrected chi connectivity index (χ3v) is 5.61. The molecule has 4 rings (SSSR count). The van der Waals surface area contributed by atoms with Crippen LogP contribution in [-0.2, 0) is 9.53 Å². The van der Waals surface area contributed by atoms with Gasteiger partial charge in [0.05, 0.1) is 31.0 Å². The number of esters is 1. The summed E-state index contributed by atoms with van der Waals surface area (Å²) in [5.41, 5.74) is 4.98. The summed E-state index contributed by atoms with van der Waals surface area (Å²) in [7, 11) is 3.12. The van der Waals surface area contributed by atoms with E-state index < -0.39 is 18.5 Å². The van der Waals surface area contributed by atoms with Crippen LogP contribution in [0.1, 0.15) is 21.5 Å². The van der Waals surface area contributed by atoms with Gasteiger partial charge in [-0.2, -0.15) is 0 Å². The van der Waals surface area contributed by atoms with E-state index in [1.165, 1.54) is 0 Å². The molecule has 178 valence electrons. The van der Waals surface area contributed by atoms with Crippen LogP contribution in [0.2, 0.25) is 0 Å². The Morgan fingerprint density at radius 3 is 2.40 bits per heavy atom. The van der Waals surface area contributed by atoms with E-state index in [1.807, 2.05) is 56.3 Å². The maximum absolute atomic E-state index is 13.1. The Labute approximate surface area is 203 Å². The number of hydrogen-bond donors (Lipinski definition) is 1. The zero-order valence-corrected chi connectivity index (χ0v) is 20.0. The molecule has 3 aromatic carbocycles. The first kappa shape index (κ1) is 23.8. The van der Waals surface area contributed by atoms with Crippen LogP contribution in [0.5, 0.6) is 11.5 Å². The number of carbonyl (C=O) groups is 2. The van der Waals surface area contributed by atoms with Gasteiger partial charge < -0.3 is 19.5 Å². The van der Waals surface area contributed by atoms with Gasteiger partial charge in [-0.1, -0.05) is 35.9 Å². The van der Waals surface area contributed by atoms with E-state index in [9.17, 15) is 9.59 Å². The molecule has 1 amide bonds. The largest absolute Gasteiger partial charge is 0.493 e. The van der Waals surface area contributed by atoms with Crippen molar-refractivity contribution in [1.29, 1.82) is 0 Å². The second-order valence-corrected chi connectivity index (χ2v) is 8.08. The number of benzene rings is 3. The quantitative estimate of drug-likeness (QED) is 0.367. The highest BCUT2D eigenvalue weighted by Crippen LogP contribution is 2.33. The van der Waals surface area contributed by atoms with E-state index in [0.29, 0.717) is 39.3 Å². The van der Waals surface area contributed by atoms with Gasteiger partial charge in [-0.25, -0.2) is 9.78 Å². The van der Waals surface area contributed by atoms with Crippen LogP contribution in [0.3, 0.4) is 0 Å². The molecule has 7 heteroatoms. The van der Waals surface area contributed by atoms with Crippen LogP contribution in [-0.4, -0.2) is 37.7 Å². The fraction of sp³-hybridized carbons (Fsp3) is 0.179. The van der Waals surface area contributed by atoms with Gasteiger partial charge in [0.25, 0.3) is 5.91 Å². The first-order chi connectivity index (χ1) is 16.9. The number of methoxy groups -OCH3 is 2. The number of pyridine rings is 1. The summed E-state index contributed by atoms with van der Waals surface area (Å²) in [4.78, 5) is 30.2. The maximum Gasteiger partial charge on any atom is 0.339 e. The van der Waals surface area contributed by atoms with Crippen LogP contribution in [0.25, 0.3) is 22.2 Å². The molecule has 0 aliphatic carbocycles. The van der Waals surface area contributed by atoms with E-state index >= 15 is 0 Å². The lowest BCUT2D eigenvalue weighted by Crippen LogP contribution is -2.21. The minimum absolute atomic E-state index is 0.319. The van der Waals surface area contributed by atoms with Crippen LogP contribution in [0, 0.1) is 13.8 Å². The zero-order chi connectivity index (χ0) is 24.9. The molecule has 0 fully saturated rings. The smallest absolute Gasteiger partial charge is 0.339 e. The second-order valence-electron chi connectivity index (χ2n) is 8.08. The Hall–Kier alpha value is -4.39. The topological polar surface area (TPSA) is 86.8 Å². The number of hydrogen-bond acceptors (Lipinski definition) is 6. The zero-order valence-electron chi connectivity index (χ0n) is 20.0. The van der Waals surface area contributed by atoms with Crippen LogP contribution < -0.4 is 14.8 Å². The molecule has 1 aromatic heterocycles. The summed E-state index contributed by atoms with van der Waals surface area (Å²) in [5.74, 6) is 0.114. The summed E-state index contributed by atoms with van der Waals surface area (Å²) in [5, 5.41) is 3.42. The molecule has 0 spiro atoms. The molecule has 0 saturated carbocycles. The normalized spacial score (nSPS) is 10.6. The van der Waals surface area contributed by atoms with Crippen molar-refractivity contribution in [2.24, 2.45) is 0 Å². The van der Waals surface area contributed by atoms with E-state index in [-0.39, 0.29) is 0 Å². The van der Waals surface area contributed by atoms with Gasteiger partial charge >= 0.3 is 5.97 Å². The predicted octanol–water partition coefficient (Wildman–Crippen LogP) is 5.33. The third kappa shape index (κ3) is 5.24. The molecule has 4 aromatic rings. The predicted molar refractivity (Wildman–Crippen MR) is 135 cm³/mol. The minimum atomic E-state index is -0.610. The molecule has 7 nitrogen and oxygen atoms in total. The van der Waals surface area contributed by atoms with Gasteiger partial charge in [0.2, 0.25) is 0 Å². The molecule has 0 bridgehead atoms. The molecule has 1 N–H and O–H groups in total. The number of aryl methyl sites for hydroxylation is 2. The summed E-state index contributed by atoms with van der Waals surface area (Å²) < 4.78 is 16.1. The van der Waals surface area contributed by atoms with Gasteiger partial charge in [-0.3, -0.25) is 4.79 Å². The highest BCUT2D eigenvalue weighted by Gasteiger charge is 2.18. The third-order valence-electron chi connectivity index (χ3n) is 5.61. The highest BCUT2D eigenvalue weighted by molar-refractivity contribution is 6.05. The van der Waals surface area contributed by atoms with Gasteiger partial charge in [0.15, 0.2) is 18.1 Å². The molecule has 1 heterocycles. The highest BCUT2D eigenvalue weighted by atomic mass is 16.5. The SMILES string of the molecule is COc1ccc(-c2cc(C(=O)OCC(=O)Nc3ccc(C)cc3C)c3ccccc3n2)cc1OC. The fourth-order valence-corrected chi connectivity index (χ4v) is 3.84. The van der Waals surface area contributed by atoms with Crippen molar-refractivity contribution < 1.29 is 23.8 Å². The second kappa shape index (κ2) is 10.3. The van der Waals surface area contributed by atoms with E-state index in [0.717, 1.165) is 16.7 Å². The van der Waals surface area contributed by atoms with E-state index in [4.69, 9.17) is 19.2 Å². The number of para-hydroxylation sites is 1. The molecular weight excluding hydrogens is 444 g/mol. The van der Waals surface area contributed by atoms with Crippen molar-refractivity contribution >= 4 is 28.5 Å². The molecule has 0 unspecified atom stereocenters. The number of carbonyl (C=O) groups excluding carboxylic acids is 2. The molecule has 0 atom stereocenters. The van der Waals surface area contributed by atoms with Crippen molar-refractivity contribution in [2.45, 2.75) is 13.8 Å². The summed E-state index contributed by atoms with van der Waals surface area (Å²) in [6.07, 6.45) is 0. The Bertz CT molecular complexity index is 1410. The average molecular weight is 471 g/mol. The molecular formula is C28H26N2O5. The molecule has 0 aliphatic heterocycles. The summed E-state index contributed by atoms with van der Waals surface area (Å²) in [6.45, 7) is 3.48. The number of aromatic nitrogens is 1. The van der Waals surface area contributed by atoms with E-state index in [1.54, 1.807) is 38.5 Å². The number of nitrogens with zero attached hydrogens (tertiary/aromatic N) is 1.